The van der Waals surface area contributed by atoms with E-state index in [2.05, 4.69) is 40.3 Å². The number of hydrogen-bond donors (Lipinski definition) is 1. The number of hydrogen-bond acceptors (Lipinski definition) is 2. The van der Waals surface area contributed by atoms with Crippen LogP contribution in [0, 0.1) is 11.3 Å². The molecule has 1 heterocycles. The average molecular weight is 269 g/mol. The number of nitrogens with zero attached hydrogens (tertiary/aromatic N) is 2. The number of imidazole rings is 1. The molecule has 21 heavy (non-hydrogen) atoms. The number of para-hydroxylation sites is 1. The fourth-order valence-corrected chi connectivity index (χ4v) is 2.60. The molecule has 0 unspecified atom stereocenters. The molecule has 4 rings (SSSR count). The first kappa shape index (κ1) is 11.7. The molecule has 1 aromatic heterocycles. The van der Waals surface area contributed by atoms with Crippen LogP contribution < -0.4 is 0 Å². The van der Waals surface area contributed by atoms with Crippen molar-refractivity contribution in [2.75, 3.05) is 0 Å². The highest BCUT2D eigenvalue weighted by molar-refractivity contribution is 5.89. The zero-order valence-corrected chi connectivity index (χ0v) is 11.2. The normalized spacial score (nSPS) is 10.8. The lowest BCUT2D eigenvalue weighted by molar-refractivity contribution is 1.34. The first-order chi connectivity index (χ1) is 10.3. The molecule has 0 fully saturated rings. The molecule has 0 atom stereocenters. The van der Waals surface area contributed by atoms with Gasteiger partial charge in [0.25, 0.3) is 0 Å². The Labute approximate surface area is 121 Å². The summed E-state index contributed by atoms with van der Waals surface area (Å²) in [5.41, 5.74) is 3.23. The molecule has 3 nitrogen and oxygen atoms in total. The Morgan fingerprint density at radius 3 is 2.62 bits per heavy atom. The van der Waals surface area contributed by atoms with Crippen LogP contribution in [0.3, 0.4) is 0 Å². The quantitative estimate of drug-likeness (QED) is 0.561. The van der Waals surface area contributed by atoms with Gasteiger partial charge in [-0.25, -0.2) is 4.98 Å². The molecule has 0 aliphatic heterocycles. The number of fused-ring (bicyclic) bond motifs is 2. The van der Waals surface area contributed by atoms with Crippen molar-refractivity contribution >= 4 is 21.8 Å². The van der Waals surface area contributed by atoms with E-state index < -0.39 is 0 Å². The summed E-state index contributed by atoms with van der Waals surface area (Å²) in [4.78, 5) is 7.87. The minimum absolute atomic E-state index is 0.593. The number of nitriles is 1. The molecule has 0 saturated carbocycles. The Kier molecular flexibility index (Phi) is 2.48. The van der Waals surface area contributed by atoms with Crippen LogP contribution in [0.2, 0.25) is 0 Å². The van der Waals surface area contributed by atoms with Crippen LogP contribution in [0.15, 0.2) is 60.7 Å². The van der Waals surface area contributed by atoms with E-state index in [1.807, 2.05) is 30.3 Å². The molecule has 0 aliphatic rings. The molecular formula is C18H11N3. The smallest absolute Gasteiger partial charge is 0.138 e. The Hall–Kier alpha value is -3.12. The zero-order valence-electron chi connectivity index (χ0n) is 11.2. The van der Waals surface area contributed by atoms with Crippen molar-refractivity contribution in [2.24, 2.45) is 0 Å². The fraction of sp³-hybridized carbons (Fsp3) is 0. The van der Waals surface area contributed by atoms with E-state index in [-0.39, 0.29) is 0 Å². The van der Waals surface area contributed by atoms with Gasteiger partial charge in [-0.05, 0) is 29.0 Å². The van der Waals surface area contributed by atoms with Crippen LogP contribution in [0.25, 0.3) is 33.2 Å². The molecule has 0 bridgehead atoms. The summed E-state index contributed by atoms with van der Waals surface area (Å²) in [6, 6.07) is 22.2. The van der Waals surface area contributed by atoms with Crippen molar-refractivity contribution in [1.82, 2.24) is 9.97 Å². The van der Waals surface area contributed by atoms with Crippen molar-refractivity contribution in [2.45, 2.75) is 0 Å². The van der Waals surface area contributed by atoms with Crippen LogP contribution in [0.4, 0.5) is 0 Å². The Morgan fingerprint density at radius 2 is 1.76 bits per heavy atom. The molecule has 0 radical (unpaired) electrons. The lowest BCUT2D eigenvalue weighted by Crippen LogP contribution is -1.81. The third-order valence-electron chi connectivity index (χ3n) is 3.66. The summed E-state index contributed by atoms with van der Waals surface area (Å²) >= 11 is 0. The van der Waals surface area contributed by atoms with E-state index in [0.717, 1.165) is 22.4 Å². The Morgan fingerprint density at radius 1 is 0.905 bits per heavy atom. The van der Waals surface area contributed by atoms with Crippen molar-refractivity contribution in [3.05, 3.63) is 66.2 Å². The average Bonchev–Trinajstić information content (AvgIpc) is 2.98. The molecule has 3 aromatic carbocycles. The maximum Gasteiger partial charge on any atom is 0.138 e. The van der Waals surface area contributed by atoms with Gasteiger partial charge in [0.05, 0.1) is 11.1 Å². The summed E-state index contributed by atoms with van der Waals surface area (Å²) in [6.07, 6.45) is 0. The predicted octanol–water partition coefficient (Wildman–Crippen LogP) is 4.25. The third kappa shape index (κ3) is 1.86. The topological polar surface area (TPSA) is 52.5 Å². The van der Waals surface area contributed by atoms with Crippen molar-refractivity contribution in [3.8, 4) is 17.5 Å². The monoisotopic (exact) mass is 269 g/mol. The van der Waals surface area contributed by atoms with E-state index in [0.29, 0.717) is 5.56 Å². The van der Waals surface area contributed by atoms with Crippen molar-refractivity contribution in [1.29, 1.82) is 5.26 Å². The van der Waals surface area contributed by atoms with Crippen LogP contribution in [-0.4, -0.2) is 9.97 Å². The molecule has 0 aliphatic carbocycles. The van der Waals surface area contributed by atoms with Crippen LogP contribution in [-0.2, 0) is 0 Å². The van der Waals surface area contributed by atoms with Gasteiger partial charge in [-0.2, -0.15) is 5.26 Å². The largest absolute Gasteiger partial charge is 0.338 e. The molecular weight excluding hydrogens is 258 g/mol. The maximum atomic E-state index is 9.15. The fourth-order valence-electron chi connectivity index (χ4n) is 2.60. The van der Waals surface area contributed by atoms with E-state index in [1.54, 1.807) is 6.07 Å². The van der Waals surface area contributed by atoms with Gasteiger partial charge in [0, 0.05) is 5.56 Å². The molecule has 4 aromatic rings. The molecule has 0 saturated heterocycles. The molecule has 0 amide bonds. The van der Waals surface area contributed by atoms with E-state index in [1.165, 1.54) is 10.8 Å². The second-order valence-corrected chi connectivity index (χ2v) is 4.96. The lowest BCUT2D eigenvalue weighted by atomic mass is 10.1. The zero-order chi connectivity index (χ0) is 14.2. The summed E-state index contributed by atoms with van der Waals surface area (Å²) in [5.74, 6) is 0.790. The summed E-state index contributed by atoms with van der Waals surface area (Å²) in [6.45, 7) is 0. The SMILES string of the molecule is N#Cc1cccc2[nH]c(-c3ccc4ccccc4c3)nc12. The summed E-state index contributed by atoms with van der Waals surface area (Å²) in [5, 5.41) is 11.5. The second-order valence-electron chi connectivity index (χ2n) is 4.96. The van der Waals surface area contributed by atoms with Gasteiger partial charge in [-0.3, -0.25) is 0 Å². The van der Waals surface area contributed by atoms with Crippen molar-refractivity contribution < 1.29 is 0 Å². The van der Waals surface area contributed by atoms with Crippen LogP contribution in [0.5, 0.6) is 0 Å². The summed E-state index contributed by atoms with van der Waals surface area (Å²) in [7, 11) is 0. The molecule has 1 N–H and O–H groups in total. The van der Waals surface area contributed by atoms with Gasteiger partial charge in [0.15, 0.2) is 0 Å². The number of benzene rings is 3. The number of H-pyrrole nitrogens is 1. The van der Waals surface area contributed by atoms with Crippen LogP contribution >= 0.6 is 0 Å². The molecule has 0 spiro atoms. The highest BCUT2D eigenvalue weighted by Gasteiger charge is 2.08. The maximum absolute atomic E-state index is 9.15. The van der Waals surface area contributed by atoms with Gasteiger partial charge in [-0.1, -0.05) is 42.5 Å². The van der Waals surface area contributed by atoms with Crippen LogP contribution in [0.1, 0.15) is 5.56 Å². The van der Waals surface area contributed by atoms with E-state index >= 15 is 0 Å². The molecule has 3 heteroatoms. The number of nitrogens with one attached hydrogen (secondary N) is 1. The minimum Gasteiger partial charge on any atom is -0.338 e. The third-order valence-corrected chi connectivity index (χ3v) is 3.66. The number of rotatable bonds is 1. The van der Waals surface area contributed by atoms with Gasteiger partial charge < -0.3 is 4.98 Å². The van der Waals surface area contributed by atoms with Gasteiger partial charge in [0.2, 0.25) is 0 Å². The standard InChI is InChI=1S/C18H11N3/c19-11-15-6-3-7-16-17(15)21-18(20-16)14-9-8-12-4-1-2-5-13(12)10-14/h1-10H,(H,20,21). The first-order valence-corrected chi connectivity index (χ1v) is 6.73. The first-order valence-electron chi connectivity index (χ1n) is 6.73. The Balaban J connectivity index is 1.94. The van der Waals surface area contributed by atoms with E-state index in [4.69, 9.17) is 5.26 Å². The lowest BCUT2D eigenvalue weighted by Gasteiger charge is -2.00. The number of aromatic amines is 1. The summed E-state index contributed by atoms with van der Waals surface area (Å²) < 4.78 is 0. The minimum atomic E-state index is 0.593. The van der Waals surface area contributed by atoms with Crippen molar-refractivity contribution in [3.63, 3.8) is 0 Å². The second kappa shape index (κ2) is 4.46. The van der Waals surface area contributed by atoms with E-state index in [9.17, 15) is 0 Å². The number of aromatic nitrogens is 2. The van der Waals surface area contributed by atoms with Gasteiger partial charge in [-0.15, -0.1) is 0 Å². The Bertz CT molecular complexity index is 1010. The highest BCUT2D eigenvalue weighted by Crippen LogP contribution is 2.25. The highest BCUT2D eigenvalue weighted by atomic mass is 14.9. The predicted molar refractivity (Wildman–Crippen MR) is 83.8 cm³/mol. The molecule has 98 valence electrons. The van der Waals surface area contributed by atoms with Gasteiger partial charge in [0.1, 0.15) is 17.4 Å². The van der Waals surface area contributed by atoms with Gasteiger partial charge >= 0.3 is 0 Å².